The number of morpholine rings is 1. The van der Waals surface area contributed by atoms with Crippen molar-refractivity contribution in [3.8, 4) is 11.8 Å². The van der Waals surface area contributed by atoms with Crippen LogP contribution in [-0.4, -0.2) is 42.6 Å². The van der Waals surface area contributed by atoms with Gasteiger partial charge in [0.2, 0.25) is 0 Å². The second-order valence-corrected chi connectivity index (χ2v) is 5.02. The Morgan fingerprint density at radius 2 is 2.00 bits per heavy atom. The molecule has 0 bridgehead atoms. The molecule has 106 valence electrons. The monoisotopic (exact) mass is 272 g/mol. The van der Waals surface area contributed by atoms with Crippen molar-refractivity contribution in [2.45, 2.75) is 26.1 Å². The Hall–Kier alpha value is -1.83. The Morgan fingerprint density at radius 3 is 2.65 bits per heavy atom. The fourth-order valence-corrected chi connectivity index (χ4v) is 2.44. The van der Waals surface area contributed by atoms with Crippen molar-refractivity contribution in [1.82, 2.24) is 4.90 Å². The maximum atomic E-state index is 12.6. The van der Waals surface area contributed by atoms with Gasteiger partial charge in [-0.1, -0.05) is 24.0 Å². The minimum atomic E-state index is 0.00826. The van der Waals surface area contributed by atoms with E-state index in [1.165, 1.54) is 0 Å². The van der Waals surface area contributed by atoms with Crippen LogP contribution in [0.1, 0.15) is 29.8 Å². The predicted octanol–water partition coefficient (Wildman–Crippen LogP) is 1.25. The lowest BCUT2D eigenvalue weighted by atomic mass is 10.1. The van der Waals surface area contributed by atoms with E-state index in [1.807, 2.05) is 43.0 Å². The highest BCUT2D eigenvalue weighted by atomic mass is 16.5. The standard InChI is InChI=1S/C16H20N2O2/c1-12-10-18(11-13(2)20-12)16(19)15-8-4-3-6-14(15)7-5-9-17/h3-4,6,8,12-13H,9-11,17H2,1-2H3. The van der Waals surface area contributed by atoms with E-state index in [0.29, 0.717) is 18.7 Å². The van der Waals surface area contributed by atoms with Gasteiger partial charge in [-0.15, -0.1) is 0 Å². The topological polar surface area (TPSA) is 55.6 Å². The molecule has 1 amide bonds. The molecule has 2 rings (SSSR count). The number of hydrogen-bond donors (Lipinski definition) is 1. The average molecular weight is 272 g/mol. The summed E-state index contributed by atoms with van der Waals surface area (Å²) in [6, 6.07) is 7.40. The largest absolute Gasteiger partial charge is 0.372 e. The summed E-state index contributed by atoms with van der Waals surface area (Å²) >= 11 is 0. The van der Waals surface area contributed by atoms with Crippen molar-refractivity contribution in [2.24, 2.45) is 5.73 Å². The second-order valence-electron chi connectivity index (χ2n) is 5.02. The molecule has 1 aromatic rings. The van der Waals surface area contributed by atoms with Crippen molar-refractivity contribution in [3.05, 3.63) is 35.4 Å². The number of carbonyl (C=O) groups excluding carboxylic acids is 1. The molecule has 0 saturated carbocycles. The summed E-state index contributed by atoms with van der Waals surface area (Å²) in [5, 5.41) is 0. The minimum absolute atomic E-state index is 0.00826. The maximum absolute atomic E-state index is 12.6. The van der Waals surface area contributed by atoms with Crippen molar-refractivity contribution in [1.29, 1.82) is 0 Å². The first-order valence-electron chi connectivity index (χ1n) is 6.84. The predicted molar refractivity (Wildman–Crippen MR) is 78.3 cm³/mol. The Morgan fingerprint density at radius 1 is 1.35 bits per heavy atom. The van der Waals surface area contributed by atoms with Crippen LogP contribution < -0.4 is 5.73 Å². The lowest BCUT2D eigenvalue weighted by molar-refractivity contribution is -0.0586. The van der Waals surface area contributed by atoms with Crippen LogP contribution in [0, 0.1) is 11.8 Å². The molecule has 1 fully saturated rings. The summed E-state index contributed by atoms with van der Waals surface area (Å²) in [4.78, 5) is 14.5. The lowest BCUT2D eigenvalue weighted by Gasteiger charge is -2.35. The molecule has 1 aliphatic heterocycles. The summed E-state index contributed by atoms with van der Waals surface area (Å²) < 4.78 is 5.66. The number of hydrogen-bond acceptors (Lipinski definition) is 3. The summed E-state index contributed by atoms with van der Waals surface area (Å²) in [6.07, 6.45) is 0.120. The van der Waals surface area contributed by atoms with Crippen LogP contribution in [0.3, 0.4) is 0 Å². The number of nitrogens with two attached hydrogens (primary N) is 1. The fourth-order valence-electron chi connectivity index (χ4n) is 2.44. The first-order chi connectivity index (χ1) is 9.61. The molecule has 4 heteroatoms. The first-order valence-corrected chi connectivity index (χ1v) is 6.84. The molecule has 2 N–H and O–H groups in total. The van der Waals surface area contributed by atoms with E-state index in [2.05, 4.69) is 11.8 Å². The van der Waals surface area contributed by atoms with Crippen LogP contribution in [-0.2, 0) is 4.74 Å². The van der Waals surface area contributed by atoms with Crippen LogP contribution in [0.4, 0.5) is 0 Å². The van der Waals surface area contributed by atoms with Gasteiger partial charge in [0, 0.05) is 18.7 Å². The van der Waals surface area contributed by atoms with Crippen LogP contribution in [0.25, 0.3) is 0 Å². The SMILES string of the molecule is CC1CN(C(=O)c2ccccc2C#CCN)CC(C)O1. The molecule has 2 unspecified atom stereocenters. The Balaban J connectivity index is 2.24. The zero-order chi connectivity index (χ0) is 14.5. The molecule has 1 heterocycles. The van der Waals surface area contributed by atoms with E-state index in [-0.39, 0.29) is 24.7 Å². The highest BCUT2D eigenvalue weighted by Crippen LogP contribution is 2.16. The van der Waals surface area contributed by atoms with Gasteiger partial charge in [0.15, 0.2) is 0 Å². The van der Waals surface area contributed by atoms with Crippen LogP contribution in [0.15, 0.2) is 24.3 Å². The van der Waals surface area contributed by atoms with Gasteiger partial charge in [0.05, 0.1) is 24.3 Å². The third-order valence-electron chi connectivity index (χ3n) is 3.19. The number of benzene rings is 1. The summed E-state index contributed by atoms with van der Waals surface area (Å²) in [5.74, 6) is 5.77. The lowest BCUT2D eigenvalue weighted by Crippen LogP contribution is -2.48. The molecule has 1 saturated heterocycles. The minimum Gasteiger partial charge on any atom is -0.372 e. The van der Waals surface area contributed by atoms with Crippen LogP contribution in [0.5, 0.6) is 0 Å². The van der Waals surface area contributed by atoms with E-state index >= 15 is 0 Å². The average Bonchev–Trinajstić information content (AvgIpc) is 2.43. The Kier molecular flexibility index (Phi) is 4.78. The number of ether oxygens (including phenoxy) is 1. The summed E-state index contributed by atoms with van der Waals surface area (Å²) in [7, 11) is 0. The molecule has 2 atom stereocenters. The molecular weight excluding hydrogens is 252 g/mol. The van der Waals surface area contributed by atoms with Gasteiger partial charge in [0.25, 0.3) is 5.91 Å². The third-order valence-corrected chi connectivity index (χ3v) is 3.19. The normalized spacial score (nSPS) is 22.1. The van der Waals surface area contributed by atoms with E-state index in [1.54, 1.807) is 0 Å². The van der Waals surface area contributed by atoms with Crippen molar-refractivity contribution in [3.63, 3.8) is 0 Å². The number of carbonyl (C=O) groups is 1. The van der Waals surface area contributed by atoms with Gasteiger partial charge in [-0.3, -0.25) is 4.79 Å². The number of nitrogens with zero attached hydrogens (tertiary/aromatic N) is 1. The first kappa shape index (κ1) is 14.6. The van der Waals surface area contributed by atoms with E-state index in [4.69, 9.17) is 10.5 Å². The van der Waals surface area contributed by atoms with Crippen molar-refractivity contribution >= 4 is 5.91 Å². The highest BCUT2D eigenvalue weighted by Gasteiger charge is 2.27. The summed E-state index contributed by atoms with van der Waals surface area (Å²) in [5.41, 5.74) is 6.76. The molecule has 0 aromatic heterocycles. The quantitative estimate of drug-likeness (QED) is 0.783. The molecule has 0 radical (unpaired) electrons. The van der Waals surface area contributed by atoms with Gasteiger partial charge in [-0.2, -0.15) is 0 Å². The van der Waals surface area contributed by atoms with Crippen molar-refractivity contribution in [2.75, 3.05) is 19.6 Å². The molecular formula is C16H20N2O2. The van der Waals surface area contributed by atoms with Gasteiger partial charge in [0.1, 0.15) is 0 Å². The number of rotatable bonds is 1. The summed E-state index contributed by atoms with van der Waals surface area (Å²) in [6.45, 7) is 5.48. The van der Waals surface area contributed by atoms with Crippen LogP contribution >= 0.6 is 0 Å². The Bertz CT molecular complexity index is 535. The zero-order valence-electron chi connectivity index (χ0n) is 11.9. The molecule has 4 nitrogen and oxygen atoms in total. The number of amides is 1. The maximum Gasteiger partial charge on any atom is 0.255 e. The van der Waals surface area contributed by atoms with E-state index < -0.39 is 0 Å². The van der Waals surface area contributed by atoms with Crippen molar-refractivity contribution < 1.29 is 9.53 Å². The molecule has 0 spiro atoms. The molecule has 20 heavy (non-hydrogen) atoms. The zero-order valence-corrected chi connectivity index (χ0v) is 11.9. The van der Waals surface area contributed by atoms with Gasteiger partial charge in [-0.25, -0.2) is 0 Å². The Labute approximate surface area is 119 Å². The van der Waals surface area contributed by atoms with E-state index in [9.17, 15) is 4.79 Å². The molecule has 0 aliphatic carbocycles. The highest BCUT2D eigenvalue weighted by molar-refractivity contribution is 5.96. The fraction of sp³-hybridized carbons (Fsp3) is 0.438. The molecule has 1 aliphatic rings. The van der Waals surface area contributed by atoms with Gasteiger partial charge < -0.3 is 15.4 Å². The smallest absolute Gasteiger partial charge is 0.255 e. The third kappa shape index (κ3) is 3.38. The molecule has 1 aromatic carbocycles. The van der Waals surface area contributed by atoms with Gasteiger partial charge in [-0.05, 0) is 26.0 Å². The van der Waals surface area contributed by atoms with E-state index in [0.717, 1.165) is 5.56 Å². The van der Waals surface area contributed by atoms with Crippen LogP contribution in [0.2, 0.25) is 0 Å². The second kappa shape index (κ2) is 6.56. The van der Waals surface area contributed by atoms with Gasteiger partial charge >= 0.3 is 0 Å².